The molecule has 20 heavy (non-hydrogen) atoms. The molecule has 0 aliphatic carbocycles. The molecule has 1 aromatic rings. The maximum Gasteiger partial charge on any atom is 0.305 e. The summed E-state index contributed by atoms with van der Waals surface area (Å²) in [6.07, 6.45) is 3.78. The van der Waals surface area contributed by atoms with Crippen LogP contribution in [0.4, 0.5) is 0 Å². The summed E-state index contributed by atoms with van der Waals surface area (Å²) < 4.78 is 10.6. The molecule has 1 aromatic carbocycles. The van der Waals surface area contributed by atoms with Gasteiger partial charge in [0.15, 0.2) is 0 Å². The predicted octanol–water partition coefficient (Wildman–Crippen LogP) is 2.72. The monoisotopic (exact) mass is 280 g/mol. The van der Waals surface area contributed by atoms with Gasteiger partial charge in [-0.2, -0.15) is 0 Å². The zero-order valence-corrected chi connectivity index (χ0v) is 12.1. The fourth-order valence-corrected chi connectivity index (χ4v) is 1.94. The van der Waals surface area contributed by atoms with E-state index in [1.807, 2.05) is 31.2 Å². The SMILES string of the molecule is CCOC(=O)CCCCCOc1ccccc1CCO. The van der Waals surface area contributed by atoms with Gasteiger partial charge in [0.25, 0.3) is 0 Å². The summed E-state index contributed by atoms with van der Waals surface area (Å²) in [4.78, 5) is 11.1. The molecule has 0 heterocycles. The van der Waals surface area contributed by atoms with E-state index in [1.54, 1.807) is 0 Å². The van der Waals surface area contributed by atoms with Gasteiger partial charge in [0, 0.05) is 13.0 Å². The van der Waals surface area contributed by atoms with Crippen molar-refractivity contribution in [3.05, 3.63) is 29.8 Å². The van der Waals surface area contributed by atoms with Crippen LogP contribution in [0.25, 0.3) is 0 Å². The number of benzene rings is 1. The van der Waals surface area contributed by atoms with Crippen LogP contribution < -0.4 is 4.74 Å². The van der Waals surface area contributed by atoms with Gasteiger partial charge in [-0.3, -0.25) is 4.79 Å². The van der Waals surface area contributed by atoms with Crippen LogP contribution in [0.1, 0.15) is 38.2 Å². The van der Waals surface area contributed by atoms with E-state index in [0.717, 1.165) is 30.6 Å². The van der Waals surface area contributed by atoms with Gasteiger partial charge in [0.1, 0.15) is 5.75 Å². The van der Waals surface area contributed by atoms with E-state index in [9.17, 15) is 4.79 Å². The van der Waals surface area contributed by atoms with Crippen LogP contribution in [0.5, 0.6) is 5.75 Å². The minimum absolute atomic E-state index is 0.123. The maximum absolute atomic E-state index is 11.1. The van der Waals surface area contributed by atoms with Crippen molar-refractivity contribution >= 4 is 5.97 Å². The van der Waals surface area contributed by atoms with Gasteiger partial charge in [-0.15, -0.1) is 0 Å². The van der Waals surface area contributed by atoms with Gasteiger partial charge >= 0.3 is 5.97 Å². The van der Waals surface area contributed by atoms with E-state index < -0.39 is 0 Å². The molecule has 4 heteroatoms. The first kappa shape index (κ1) is 16.5. The van der Waals surface area contributed by atoms with E-state index in [1.165, 1.54) is 0 Å². The average Bonchev–Trinajstić information content (AvgIpc) is 2.45. The predicted molar refractivity (Wildman–Crippen MR) is 77.8 cm³/mol. The molecule has 0 saturated carbocycles. The molecule has 112 valence electrons. The van der Waals surface area contributed by atoms with Crippen LogP contribution in [0.2, 0.25) is 0 Å². The van der Waals surface area contributed by atoms with E-state index >= 15 is 0 Å². The minimum Gasteiger partial charge on any atom is -0.493 e. The number of hydrogen-bond acceptors (Lipinski definition) is 4. The first-order chi connectivity index (χ1) is 9.77. The fourth-order valence-electron chi connectivity index (χ4n) is 1.94. The second-order valence-corrected chi connectivity index (χ2v) is 4.55. The summed E-state index contributed by atoms with van der Waals surface area (Å²) >= 11 is 0. The molecular weight excluding hydrogens is 256 g/mol. The minimum atomic E-state index is -0.123. The maximum atomic E-state index is 11.1. The van der Waals surface area contributed by atoms with E-state index in [-0.39, 0.29) is 12.6 Å². The highest BCUT2D eigenvalue weighted by Crippen LogP contribution is 2.18. The van der Waals surface area contributed by atoms with Crippen molar-refractivity contribution in [1.29, 1.82) is 0 Å². The number of aliphatic hydroxyl groups excluding tert-OH is 1. The lowest BCUT2D eigenvalue weighted by molar-refractivity contribution is -0.143. The summed E-state index contributed by atoms with van der Waals surface area (Å²) in [5, 5.41) is 8.98. The summed E-state index contributed by atoms with van der Waals surface area (Å²) in [7, 11) is 0. The molecule has 0 bridgehead atoms. The van der Waals surface area contributed by atoms with Crippen molar-refractivity contribution < 1.29 is 19.4 Å². The van der Waals surface area contributed by atoms with Gasteiger partial charge in [-0.1, -0.05) is 18.2 Å². The molecule has 0 amide bonds. The lowest BCUT2D eigenvalue weighted by Crippen LogP contribution is -2.04. The van der Waals surface area contributed by atoms with E-state index in [0.29, 0.717) is 26.1 Å². The van der Waals surface area contributed by atoms with Crippen LogP contribution in [0.3, 0.4) is 0 Å². The third-order valence-electron chi connectivity index (χ3n) is 2.94. The summed E-state index contributed by atoms with van der Waals surface area (Å²) in [6, 6.07) is 7.75. The Balaban J connectivity index is 2.16. The summed E-state index contributed by atoms with van der Waals surface area (Å²) in [5.74, 6) is 0.716. The zero-order valence-electron chi connectivity index (χ0n) is 12.1. The van der Waals surface area contributed by atoms with Gasteiger partial charge in [0.05, 0.1) is 13.2 Å². The molecule has 0 fully saturated rings. The molecule has 0 radical (unpaired) electrons. The Kier molecular flexibility index (Phi) is 8.47. The van der Waals surface area contributed by atoms with Crippen molar-refractivity contribution in [3.63, 3.8) is 0 Å². The molecule has 1 rings (SSSR count). The third-order valence-corrected chi connectivity index (χ3v) is 2.94. The molecule has 0 aromatic heterocycles. The fraction of sp³-hybridized carbons (Fsp3) is 0.562. The van der Waals surface area contributed by atoms with E-state index in [2.05, 4.69) is 0 Å². The van der Waals surface area contributed by atoms with Gasteiger partial charge in [-0.05, 0) is 44.2 Å². The molecule has 1 N–H and O–H groups in total. The van der Waals surface area contributed by atoms with Gasteiger partial charge < -0.3 is 14.6 Å². The third kappa shape index (κ3) is 6.57. The first-order valence-corrected chi connectivity index (χ1v) is 7.25. The number of carbonyl (C=O) groups excluding carboxylic acids is 1. The topological polar surface area (TPSA) is 55.8 Å². The van der Waals surface area contributed by atoms with Crippen molar-refractivity contribution in [1.82, 2.24) is 0 Å². The highest BCUT2D eigenvalue weighted by molar-refractivity contribution is 5.69. The van der Waals surface area contributed by atoms with Crippen molar-refractivity contribution in [2.75, 3.05) is 19.8 Å². The molecule has 0 aliphatic heterocycles. The number of esters is 1. The summed E-state index contributed by atoms with van der Waals surface area (Å²) in [6.45, 7) is 3.02. The second-order valence-electron chi connectivity index (χ2n) is 4.55. The first-order valence-electron chi connectivity index (χ1n) is 7.25. The number of rotatable bonds is 10. The highest BCUT2D eigenvalue weighted by Gasteiger charge is 2.03. The van der Waals surface area contributed by atoms with Crippen molar-refractivity contribution in [2.24, 2.45) is 0 Å². The van der Waals surface area contributed by atoms with Crippen molar-refractivity contribution in [2.45, 2.75) is 39.0 Å². The van der Waals surface area contributed by atoms with Gasteiger partial charge in [-0.25, -0.2) is 0 Å². The standard InChI is InChI=1S/C16H24O4/c1-2-19-16(18)10-4-3-7-13-20-15-9-6-5-8-14(15)11-12-17/h5-6,8-9,17H,2-4,7,10-13H2,1H3. The smallest absolute Gasteiger partial charge is 0.305 e. The van der Waals surface area contributed by atoms with Crippen LogP contribution in [-0.2, 0) is 16.0 Å². The lowest BCUT2D eigenvalue weighted by atomic mass is 10.1. The lowest BCUT2D eigenvalue weighted by Gasteiger charge is -2.10. The number of aliphatic hydroxyl groups is 1. The van der Waals surface area contributed by atoms with Gasteiger partial charge in [0.2, 0.25) is 0 Å². The number of ether oxygens (including phenoxy) is 2. The Hall–Kier alpha value is -1.55. The molecule has 0 spiro atoms. The molecule has 0 saturated heterocycles. The number of para-hydroxylation sites is 1. The Morgan fingerprint density at radius 2 is 2.00 bits per heavy atom. The second kappa shape index (κ2) is 10.3. The molecule has 0 aliphatic rings. The number of hydrogen-bond donors (Lipinski definition) is 1. The zero-order chi connectivity index (χ0) is 14.6. The van der Waals surface area contributed by atoms with Crippen LogP contribution in [0.15, 0.2) is 24.3 Å². The van der Waals surface area contributed by atoms with Crippen molar-refractivity contribution in [3.8, 4) is 5.75 Å². The van der Waals surface area contributed by atoms with Crippen LogP contribution >= 0.6 is 0 Å². The normalized spacial score (nSPS) is 10.3. The Morgan fingerprint density at radius 1 is 1.20 bits per heavy atom. The summed E-state index contributed by atoms with van der Waals surface area (Å²) in [5.41, 5.74) is 1.03. The van der Waals surface area contributed by atoms with Crippen LogP contribution in [0, 0.1) is 0 Å². The molecule has 4 nitrogen and oxygen atoms in total. The van der Waals surface area contributed by atoms with E-state index in [4.69, 9.17) is 14.6 Å². The molecule has 0 unspecified atom stereocenters. The largest absolute Gasteiger partial charge is 0.493 e. The molecule has 0 atom stereocenters. The Labute approximate surface area is 120 Å². The Bertz CT molecular complexity index is 390. The highest BCUT2D eigenvalue weighted by atomic mass is 16.5. The average molecular weight is 280 g/mol. The number of carbonyl (C=O) groups is 1. The number of unbranched alkanes of at least 4 members (excludes halogenated alkanes) is 2. The van der Waals surface area contributed by atoms with Crippen LogP contribution in [-0.4, -0.2) is 30.9 Å². The quantitative estimate of drug-likeness (QED) is 0.529. The molecular formula is C16H24O4. The Morgan fingerprint density at radius 3 is 2.75 bits per heavy atom.